The van der Waals surface area contributed by atoms with Crippen LogP contribution in [0.3, 0.4) is 0 Å². The van der Waals surface area contributed by atoms with Crippen LogP contribution >= 0.6 is 0 Å². The lowest BCUT2D eigenvalue weighted by molar-refractivity contribution is 0.410. The Hall–Kier alpha value is -1.60. The van der Waals surface area contributed by atoms with Crippen LogP contribution in [0, 0.1) is 0 Å². The van der Waals surface area contributed by atoms with Crippen molar-refractivity contribution in [2.75, 3.05) is 7.11 Å². The molecule has 0 aliphatic heterocycles. The van der Waals surface area contributed by atoms with Gasteiger partial charge in [-0.2, -0.15) is 4.99 Å². The zero-order chi connectivity index (χ0) is 11.1. The Bertz CT molecular complexity index is 368. The maximum Gasteiger partial charge on any atom is 0.240 e. The summed E-state index contributed by atoms with van der Waals surface area (Å²) in [6.07, 6.45) is 4.71. The summed E-state index contributed by atoms with van der Waals surface area (Å²) in [5.41, 5.74) is 1.65. The van der Waals surface area contributed by atoms with E-state index in [4.69, 9.17) is 4.74 Å². The minimum atomic E-state index is 0.557. The summed E-state index contributed by atoms with van der Waals surface area (Å²) in [5.74, 6) is 0.689. The maximum atomic E-state index is 10.2. The number of methoxy groups -OCH3 is 1. The van der Waals surface area contributed by atoms with E-state index in [2.05, 4.69) is 11.9 Å². The summed E-state index contributed by atoms with van der Waals surface area (Å²) in [6, 6.07) is 5.63. The number of carbonyl (C=O) groups excluding carboxylic acids is 1. The fourth-order valence-corrected chi connectivity index (χ4v) is 1.51. The predicted octanol–water partition coefficient (Wildman–Crippen LogP) is 3.01. The minimum absolute atomic E-state index is 0.557. The second-order valence-electron chi connectivity index (χ2n) is 3.28. The number of rotatable bonds is 5. The topological polar surface area (TPSA) is 38.7 Å². The SMILES string of the molecule is CCCCc1cccc(N=C=O)c1OC. The number of para-hydroxylation sites is 1. The first kappa shape index (κ1) is 11.5. The number of benzene rings is 1. The number of nitrogens with zero attached hydrogens (tertiary/aromatic N) is 1. The largest absolute Gasteiger partial charge is 0.494 e. The molecular formula is C12H15NO2. The fraction of sp³-hybridized carbons (Fsp3) is 0.417. The second kappa shape index (κ2) is 5.99. The molecule has 0 radical (unpaired) electrons. The highest BCUT2D eigenvalue weighted by Gasteiger charge is 2.07. The van der Waals surface area contributed by atoms with E-state index in [1.54, 1.807) is 13.2 Å². The Labute approximate surface area is 89.8 Å². The molecule has 80 valence electrons. The van der Waals surface area contributed by atoms with Gasteiger partial charge in [0.05, 0.1) is 7.11 Å². The van der Waals surface area contributed by atoms with Gasteiger partial charge in [0.25, 0.3) is 0 Å². The number of aliphatic imine (C=N–C) groups is 1. The van der Waals surface area contributed by atoms with E-state index in [-0.39, 0.29) is 0 Å². The number of hydrogen-bond donors (Lipinski definition) is 0. The molecule has 0 N–H and O–H groups in total. The first-order valence-electron chi connectivity index (χ1n) is 5.07. The summed E-state index contributed by atoms with van der Waals surface area (Å²) in [6.45, 7) is 2.14. The second-order valence-corrected chi connectivity index (χ2v) is 3.28. The molecule has 0 aliphatic carbocycles. The maximum absolute atomic E-state index is 10.2. The van der Waals surface area contributed by atoms with Crippen LogP contribution in [0.1, 0.15) is 25.3 Å². The average Bonchev–Trinajstić information content (AvgIpc) is 2.27. The fourth-order valence-electron chi connectivity index (χ4n) is 1.51. The van der Waals surface area contributed by atoms with Crippen LogP contribution in [0.15, 0.2) is 23.2 Å². The number of isocyanates is 1. The van der Waals surface area contributed by atoms with E-state index < -0.39 is 0 Å². The van der Waals surface area contributed by atoms with E-state index in [0.29, 0.717) is 11.4 Å². The molecule has 0 bridgehead atoms. The number of unbranched alkanes of at least 4 members (excludes halogenated alkanes) is 1. The van der Waals surface area contributed by atoms with Crippen molar-refractivity contribution in [2.45, 2.75) is 26.2 Å². The van der Waals surface area contributed by atoms with E-state index in [1.165, 1.54) is 6.08 Å². The average molecular weight is 205 g/mol. The molecule has 0 amide bonds. The van der Waals surface area contributed by atoms with Crippen LogP contribution in [0.5, 0.6) is 5.75 Å². The lowest BCUT2D eigenvalue weighted by atomic mass is 10.1. The summed E-state index contributed by atoms with van der Waals surface area (Å²) in [5, 5.41) is 0. The van der Waals surface area contributed by atoms with Crippen molar-refractivity contribution >= 4 is 11.8 Å². The van der Waals surface area contributed by atoms with Gasteiger partial charge >= 0.3 is 0 Å². The normalized spacial score (nSPS) is 9.47. The van der Waals surface area contributed by atoms with Gasteiger partial charge < -0.3 is 4.74 Å². The molecule has 0 saturated carbocycles. The Balaban J connectivity index is 3.04. The van der Waals surface area contributed by atoms with E-state index in [9.17, 15) is 4.79 Å². The van der Waals surface area contributed by atoms with Gasteiger partial charge in [0.15, 0.2) is 0 Å². The zero-order valence-electron chi connectivity index (χ0n) is 9.12. The molecule has 15 heavy (non-hydrogen) atoms. The highest BCUT2D eigenvalue weighted by molar-refractivity contribution is 5.60. The smallest absolute Gasteiger partial charge is 0.240 e. The summed E-state index contributed by atoms with van der Waals surface area (Å²) in [7, 11) is 1.59. The third-order valence-electron chi connectivity index (χ3n) is 2.25. The molecule has 0 fully saturated rings. The van der Waals surface area contributed by atoms with Gasteiger partial charge in [-0.3, -0.25) is 0 Å². The van der Waals surface area contributed by atoms with Crippen LogP contribution in [0.25, 0.3) is 0 Å². The zero-order valence-corrected chi connectivity index (χ0v) is 9.12. The van der Waals surface area contributed by atoms with Crippen molar-refractivity contribution in [1.29, 1.82) is 0 Å². The van der Waals surface area contributed by atoms with Gasteiger partial charge in [-0.1, -0.05) is 25.5 Å². The van der Waals surface area contributed by atoms with E-state index in [1.807, 2.05) is 12.1 Å². The number of aryl methyl sites for hydroxylation is 1. The molecule has 0 unspecified atom stereocenters. The monoisotopic (exact) mass is 205 g/mol. The molecule has 0 aliphatic rings. The molecule has 0 heterocycles. The summed E-state index contributed by atoms with van der Waals surface area (Å²) >= 11 is 0. The Morgan fingerprint density at radius 1 is 1.47 bits per heavy atom. The first-order valence-corrected chi connectivity index (χ1v) is 5.07. The first-order chi connectivity index (χ1) is 7.33. The van der Waals surface area contributed by atoms with Crippen LogP contribution in [-0.2, 0) is 11.2 Å². The number of ether oxygens (including phenoxy) is 1. The molecule has 3 nitrogen and oxygen atoms in total. The molecular weight excluding hydrogens is 190 g/mol. The van der Waals surface area contributed by atoms with Crippen LogP contribution in [-0.4, -0.2) is 13.2 Å². The van der Waals surface area contributed by atoms with Crippen molar-refractivity contribution in [1.82, 2.24) is 0 Å². The molecule has 0 spiro atoms. The number of hydrogen-bond acceptors (Lipinski definition) is 3. The molecule has 1 rings (SSSR count). The van der Waals surface area contributed by atoms with Crippen LogP contribution in [0.4, 0.5) is 5.69 Å². The molecule has 1 aromatic rings. The predicted molar refractivity (Wildman–Crippen MR) is 59.4 cm³/mol. The van der Waals surface area contributed by atoms with E-state index >= 15 is 0 Å². The van der Waals surface area contributed by atoms with Gasteiger partial charge in [-0.25, -0.2) is 4.79 Å². The van der Waals surface area contributed by atoms with Gasteiger partial charge in [0.1, 0.15) is 11.4 Å². The lowest BCUT2D eigenvalue weighted by Gasteiger charge is -2.09. The van der Waals surface area contributed by atoms with Gasteiger partial charge in [-0.15, -0.1) is 0 Å². The molecule has 0 atom stereocenters. The van der Waals surface area contributed by atoms with E-state index in [0.717, 1.165) is 24.8 Å². The molecule has 3 heteroatoms. The lowest BCUT2D eigenvalue weighted by Crippen LogP contribution is -1.92. The van der Waals surface area contributed by atoms with Crippen molar-refractivity contribution in [2.24, 2.45) is 4.99 Å². The van der Waals surface area contributed by atoms with Crippen LogP contribution in [0.2, 0.25) is 0 Å². The minimum Gasteiger partial charge on any atom is -0.494 e. The third-order valence-corrected chi connectivity index (χ3v) is 2.25. The van der Waals surface area contributed by atoms with Gasteiger partial charge in [0.2, 0.25) is 6.08 Å². The highest BCUT2D eigenvalue weighted by atomic mass is 16.5. The summed E-state index contributed by atoms with van der Waals surface area (Å²) < 4.78 is 5.25. The molecule has 0 aromatic heterocycles. The Kier molecular flexibility index (Phi) is 4.58. The Morgan fingerprint density at radius 2 is 2.27 bits per heavy atom. The standard InChI is InChI=1S/C12H15NO2/c1-3-4-6-10-7-5-8-11(13-9-14)12(10)15-2/h5,7-8H,3-4,6H2,1-2H3. The molecule has 1 aromatic carbocycles. The quantitative estimate of drug-likeness (QED) is 0.547. The van der Waals surface area contributed by atoms with Crippen molar-refractivity contribution < 1.29 is 9.53 Å². The van der Waals surface area contributed by atoms with Gasteiger partial charge in [-0.05, 0) is 24.5 Å². The van der Waals surface area contributed by atoms with Crippen LogP contribution < -0.4 is 4.74 Å². The van der Waals surface area contributed by atoms with Gasteiger partial charge in [0, 0.05) is 0 Å². The summed E-state index contributed by atoms with van der Waals surface area (Å²) in [4.78, 5) is 13.8. The Morgan fingerprint density at radius 3 is 2.87 bits per heavy atom. The van der Waals surface area contributed by atoms with Crippen molar-refractivity contribution in [3.8, 4) is 5.75 Å². The van der Waals surface area contributed by atoms with Crippen molar-refractivity contribution in [3.05, 3.63) is 23.8 Å². The molecule has 0 saturated heterocycles. The van der Waals surface area contributed by atoms with Crippen molar-refractivity contribution in [3.63, 3.8) is 0 Å². The third kappa shape index (κ3) is 2.93. The highest BCUT2D eigenvalue weighted by Crippen LogP contribution is 2.31.